The Labute approximate surface area is 207 Å². The number of benzene rings is 2. The molecule has 2 aromatic carbocycles. The quantitative estimate of drug-likeness (QED) is 0.280. The second-order valence-corrected chi connectivity index (χ2v) is 7.57. The molecule has 0 bridgehead atoms. The van der Waals surface area contributed by atoms with E-state index in [9.17, 15) is 4.39 Å². The normalized spacial score (nSPS) is 15.5. The van der Waals surface area contributed by atoms with Gasteiger partial charge in [-0.15, -0.1) is 24.0 Å². The summed E-state index contributed by atoms with van der Waals surface area (Å²) in [5, 5.41) is 6.72. The molecule has 0 saturated carbocycles. The van der Waals surface area contributed by atoms with Crippen LogP contribution in [0, 0.1) is 5.82 Å². The molecule has 8 heteroatoms. The summed E-state index contributed by atoms with van der Waals surface area (Å²) in [7, 11) is 1.75. The van der Waals surface area contributed by atoms with Crippen LogP contribution in [0.5, 0.6) is 5.75 Å². The number of nitrogens with zero attached hydrogens (tertiary/aromatic N) is 2. The monoisotopic (exact) mass is 556 g/mol. The third kappa shape index (κ3) is 8.55. The number of nitrogens with one attached hydrogen (secondary N) is 2. The minimum absolute atomic E-state index is 0. The predicted molar refractivity (Wildman–Crippen MR) is 137 cm³/mol. The van der Waals surface area contributed by atoms with Gasteiger partial charge in [-0.3, -0.25) is 9.89 Å². The highest BCUT2D eigenvalue weighted by Crippen LogP contribution is 2.15. The molecule has 1 saturated heterocycles. The highest BCUT2D eigenvalue weighted by molar-refractivity contribution is 14.0. The smallest absolute Gasteiger partial charge is 0.191 e. The lowest BCUT2D eigenvalue weighted by Gasteiger charge is -2.27. The summed E-state index contributed by atoms with van der Waals surface area (Å²) in [4.78, 5) is 6.75. The third-order valence-electron chi connectivity index (χ3n) is 5.34. The molecule has 3 rings (SSSR count). The summed E-state index contributed by atoms with van der Waals surface area (Å²) in [5.74, 6) is 0.949. The number of guanidine groups is 1. The van der Waals surface area contributed by atoms with Crippen molar-refractivity contribution >= 4 is 29.9 Å². The summed E-state index contributed by atoms with van der Waals surface area (Å²) >= 11 is 0. The highest BCUT2D eigenvalue weighted by Gasteiger charge is 2.13. The summed E-state index contributed by atoms with van der Waals surface area (Å²) in [6, 6.07) is 14.7. The number of hydrogen-bond donors (Lipinski definition) is 2. The van der Waals surface area contributed by atoms with Crippen LogP contribution in [0.1, 0.15) is 24.5 Å². The maximum atomic E-state index is 13.4. The van der Waals surface area contributed by atoms with Crippen LogP contribution in [0.25, 0.3) is 0 Å². The van der Waals surface area contributed by atoms with Crippen LogP contribution in [-0.4, -0.2) is 56.9 Å². The fourth-order valence-electron chi connectivity index (χ4n) is 3.50. The molecule has 0 amide bonds. The number of rotatable bonds is 9. The van der Waals surface area contributed by atoms with Gasteiger partial charge in [0.2, 0.25) is 0 Å². The largest absolute Gasteiger partial charge is 0.489 e. The molecule has 2 aromatic rings. The molecule has 32 heavy (non-hydrogen) atoms. The molecule has 0 radical (unpaired) electrons. The first kappa shape index (κ1) is 26.3. The van der Waals surface area contributed by atoms with Gasteiger partial charge in [0.1, 0.15) is 17.7 Å². The molecular weight excluding hydrogens is 522 g/mol. The molecule has 0 aromatic heterocycles. The fourth-order valence-corrected chi connectivity index (χ4v) is 3.50. The SMILES string of the molecule is CCC(CNC(=NC)NCc1ccccc1CN1CCOCC1)Oc1cccc(F)c1.I. The standard InChI is InChI=1S/C24H33FN4O2.HI/c1-3-22(31-23-10-6-9-21(25)15-23)17-28-24(26-2)27-16-19-7-4-5-8-20(19)18-29-11-13-30-14-12-29;/h4-10,15,22H,3,11-14,16-18H2,1-2H3,(H2,26,27,28);1H. The van der Waals surface area contributed by atoms with Crippen molar-refractivity contribution < 1.29 is 13.9 Å². The molecule has 2 N–H and O–H groups in total. The summed E-state index contributed by atoms with van der Waals surface area (Å²) in [5.41, 5.74) is 2.56. The molecule has 0 spiro atoms. The van der Waals surface area contributed by atoms with E-state index in [1.165, 1.54) is 23.3 Å². The first-order valence-corrected chi connectivity index (χ1v) is 10.9. The van der Waals surface area contributed by atoms with Crippen molar-refractivity contribution in [3.63, 3.8) is 0 Å². The number of morpholine rings is 1. The zero-order chi connectivity index (χ0) is 21.9. The summed E-state index contributed by atoms with van der Waals surface area (Å²) < 4.78 is 24.8. The van der Waals surface area contributed by atoms with Crippen LogP contribution in [0.3, 0.4) is 0 Å². The van der Waals surface area contributed by atoms with Gasteiger partial charge < -0.3 is 20.1 Å². The molecule has 1 unspecified atom stereocenters. The van der Waals surface area contributed by atoms with Gasteiger partial charge in [0.05, 0.1) is 19.8 Å². The van der Waals surface area contributed by atoms with Gasteiger partial charge in [-0.05, 0) is 29.7 Å². The lowest BCUT2D eigenvalue weighted by Crippen LogP contribution is -2.42. The van der Waals surface area contributed by atoms with E-state index in [1.807, 2.05) is 6.92 Å². The first-order valence-electron chi connectivity index (χ1n) is 10.9. The third-order valence-corrected chi connectivity index (χ3v) is 5.34. The van der Waals surface area contributed by atoms with Crippen molar-refractivity contribution in [2.45, 2.75) is 32.5 Å². The van der Waals surface area contributed by atoms with Gasteiger partial charge in [-0.1, -0.05) is 37.3 Å². The zero-order valence-corrected chi connectivity index (χ0v) is 21.2. The van der Waals surface area contributed by atoms with Crippen molar-refractivity contribution in [1.82, 2.24) is 15.5 Å². The van der Waals surface area contributed by atoms with Gasteiger partial charge in [-0.25, -0.2) is 4.39 Å². The van der Waals surface area contributed by atoms with Crippen LogP contribution in [0.4, 0.5) is 4.39 Å². The van der Waals surface area contributed by atoms with Gasteiger partial charge in [-0.2, -0.15) is 0 Å². The van der Waals surface area contributed by atoms with Crippen molar-refractivity contribution in [3.05, 3.63) is 65.5 Å². The van der Waals surface area contributed by atoms with E-state index in [-0.39, 0.29) is 35.9 Å². The van der Waals surface area contributed by atoms with E-state index in [0.717, 1.165) is 39.3 Å². The second-order valence-electron chi connectivity index (χ2n) is 7.57. The molecule has 1 aliphatic heterocycles. The highest BCUT2D eigenvalue weighted by atomic mass is 127. The molecule has 1 atom stereocenters. The number of hydrogen-bond acceptors (Lipinski definition) is 4. The van der Waals surface area contributed by atoms with Crippen LogP contribution in [0.15, 0.2) is 53.5 Å². The average Bonchev–Trinajstić information content (AvgIpc) is 2.80. The van der Waals surface area contributed by atoms with E-state index in [1.54, 1.807) is 19.2 Å². The van der Waals surface area contributed by atoms with Crippen molar-refractivity contribution in [3.8, 4) is 5.75 Å². The molecule has 176 valence electrons. The Morgan fingerprint density at radius 3 is 2.56 bits per heavy atom. The summed E-state index contributed by atoms with van der Waals surface area (Å²) in [6.07, 6.45) is 0.706. The average molecular weight is 556 g/mol. The predicted octanol–water partition coefficient (Wildman–Crippen LogP) is 3.80. The van der Waals surface area contributed by atoms with E-state index in [4.69, 9.17) is 9.47 Å². The minimum atomic E-state index is -0.298. The Bertz CT molecular complexity index is 846. The minimum Gasteiger partial charge on any atom is -0.489 e. The van der Waals surface area contributed by atoms with Crippen LogP contribution < -0.4 is 15.4 Å². The molecule has 6 nitrogen and oxygen atoms in total. The van der Waals surface area contributed by atoms with E-state index < -0.39 is 0 Å². The van der Waals surface area contributed by atoms with Crippen molar-refractivity contribution in [2.75, 3.05) is 39.9 Å². The van der Waals surface area contributed by atoms with Crippen LogP contribution in [0.2, 0.25) is 0 Å². The first-order chi connectivity index (χ1) is 15.2. The number of aliphatic imine (C=N–C) groups is 1. The van der Waals surface area contributed by atoms with Crippen LogP contribution in [-0.2, 0) is 17.8 Å². The van der Waals surface area contributed by atoms with E-state index in [0.29, 0.717) is 24.8 Å². The second kappa shape index (κ2) is 14.3. The molecule has 0 aliphatic carbocycles. The molecule has 1 fully saturated rings. The topological polar surface area (TPSA) is 58.1 Å². The summed E-state index contributed by atoms with van der Waals surface area (Å²) in [6.45, 7) is 7.75. The van der Waals surface area contributed by atoms with Crippen molar-refractivity contribution in [1.29, 1.82) is 0 Å². The lowest BCUT2D eigenvalue weighted by molar-refractivity contribution is 0.0341. The zero-order valence-electron chi connectivity index (χ0n) is 18.9. The van der Waals surface area contributed by atoms with Gasteiger partial charge in [0, 0.05) is 39.3 Å². The van der Waals surface area contributed by atoms with E-state index >= 15 is 0 Å². The Morgan fingerprint density at radius 1 is 1.12 bits per heavy atom. The molecule has 1 heterocycles. The number of ether oxygens (including phenoxy) is 2. The lowest BCUT2D eigenvalue weighted by atomic mass is 10.1. The van der Waals surface area contributed by atoms with Crippen LogP contribution >= 0.6 is 24.0 Å². The number of halogens is 2. The van der Waals surface area contributed by atoms with Gasteiger partial charge >= 0.3 is 0 Å². The Balaban J connectivity index is 0.00000363. The molecule has 1 aliphatic rings. The van der Waals surface area contributed by atoms with Gasteiger partial charge in [0.15, 0.2) is 5.96 Å². The maximum absolute atomic E-state index is 13.4. The Kier molecular flexibility index (Phi) is 11.8. The van der Waals surface area contributed by atoms with E-state index in [2.05, 4.69) is 44.8 Å². The van der Waals surface area contributed by atoms with Crippen molar-refractivity contribution in [2.24, 2.45) is 4.99 Å². The maximum Gasteiger partial charge on any atom is 0.191 e. The fraction of sp³-hybridized carbons (Fsp3) is 0.458. The van der Waals surface area contributed by atoms with Gasteiger partial charge in [0.25, 0.3) is 0 Å². The Morgan fingerprint density at radius 2 is 1.88 bits per heavy atom. The molecular formula is C24H34FIN4O2. The Hall–Kier alpha value is -1.91.